The van der Waals surface area contributed by atoms with Gasteiger partial charge in [0.2, 0.25) is 0 Å². The SMILES string of the molecule is CCCCCCCC(C)(CC)OC(=O)C1CCCN1. The summed E-state index contributed by atoms with van der Waals surface area (Å²) in [6.45, 7) is 7.37. The molecule has 0 aromatic carbocycles. The lowest BCUT2D eigenvalue weighted by molar-refractivity contribution is -0.161. The van der Waals surface area contributed by atoms with E-state index < -0.39 is 0 Å². The molecule has 1 saturated heterocycles. The molecule has 0 saturated carbocycles. The quantitative estimate of drug-likeness (QED) is 0.511. The van der Waals surface area contributed by atoms with Gasteiger partial charge >= 0.3 is 5.97 Å². The maximum atomic E-state index is 12.1. The van der Waals surface area contributed by atoms with Crippen LogP contribution in [0.3, 0.4) is 0 Å². The average Bonchev–Trinajstić information content (AvgIpc) is 2.92. The van der Waals surface area contributed by atoms with Crippen molar-refractivity contribution in [3.05, 3.63) is 0 Å². The minimum absolute atomic E-state index is 0.0459. The number of nitrogens with one attached hydrogen (secondary N) is 1. The van der Waals surface area contributed by atoms with Gasteiger partial charge in [0.25, 0.3) is 0 Å². The Balaban J connectivity index is 2.30. The molecule has 3 heteroatoms. The van der Waals surface area contributed by atoms with Crippen molar-refractivity contribution >= 4 is 5.97 Å². The second kappa shape index (κ2) is 8.57. The van der Waals surface area contributed by atoms with Crippen molar-refractivity contribution in [1.82, 2.24) is 5.32 Å². The van der Waals surface area contributed by atoms with Gasteiger partial charge in [-0.25, -0.2) is 0 Å². The fraction of sp³-hybridized carbons (Fsp3) is 0.938. The van der Waals surface area contributed by atoms with Gasteiger partial charge in [-0.2, -0.15) is 0 Å². The average molecular weight is 269 g/mol. The number of ether oxygens (including phenoxy) is 1. The topological polar surface area (TPSA) is 38.3 Å². The van der Waals surface area contributed by atoms with Crippen LogP contribution in [0, 0.1) is 0 Å². The van der Waals surface area contributed by atoms with Crippen LogP contribution in [0.15, 0.2) is 0 Å². The largest absolute Gasteiger partial charge is 0.458 e. The molecule has 0 aliphatic carbocycles. The van der Waals surface area contributed by atoms with E-state index in [0.717, 1.165) is 38.6 Å². The summed E-state index contributed by atoms with van der Waals surface area (Å²) in [5.41, 5.74) is -0.270. The zero-order valence-corrected chi connectivity index (χ0v) is 13.0. The summed E-state index contributed by atoms with van der Waals surface area (Å²) in [4.78, 5) is 12.1. The Morgan fingerprint density at radius 2 is 2.00 bits per heavy atom. The van der Waals surface area contributed by atoms with Crippen molar-refractivity contribution in [2.75, 3.05) is 6.54 Å². The van der Waals surface area contributed by atoms with Gasteiger partial charge in [-0.1, -0.05) is 39.5 Å². The smallest absolute Gasteiger partial charge is 0.323 e. The van der Waals surface area contributed by atoms with Crippen molar-refractivity contribution in [2.24, 2.45) is 0 Å². The molecule has 0 radical (unpaired) electrons. The maximum absolute atomic E-state index is 12.1. The van der Waals surface area contributed by atoms with Gasteiger partial charge in [0, 0.05) is 0 Å². The first-order chi connectivity index (χ1) is 9.11. The van der Waals surface area contributed by atoms with Crippen LogP contribution in [0.4, 0.5) is 0 Å². The molecule has 1 heterocycles. The number of hydrogen-bond acceptors (Lipinski definition) is 3. The minimum Gasteiger partial charge on any atom is -0.458 e. The van der Waals surface area contributed by atoms with Gasteiger partial charge in [0.1, 0.15) is 11.6 Å². The molecule has 1 rings (SSSR count). The van der Waals surface area contributed by atoms with Crippen LogP contribution in [0.5, 0.6) is 0 Å². The third-order valence-corrected chi connectivity index (χ3v) is 4.25. The summed E-state index contributed by atoms with van der Waals surface area (Å²) in [6, 6.07) is -0.0639. The lowest BCUT2D eigenvalue weighted by atomic mass is 9.94. The van der Waals surface area contributed by atoms with E-state index in [1.807, 2.05) is 0 Å². The molecule has 19 heavy (non-hydrogen) atoms. The molecule has 0 aromatic rings. The predicted molar refractivity (Wildman–Crippen MR) is 79.2 cm³/mol. The maximum Gasteiger partial charge on any atom is 0.323 e. The van der Waals surface area contributed by atoms with Gasteiger partial charge in [-0.15, -0.1) is 0 Å². The lowest BCUT2D eigenvalue weighted by Crippen LogP contribution is -2.39. The first kappa shape index (κ1) is 16.5. The van der Waals surface area contributed by atoms with Crippen molar-refractivity contribution < 1.29 is 9.53 Å². The highest BCUT2D eigenvalue weighted by Gasteiger charge is 2.31. The van der Waals surface area contributed by atoms with E-state index in [9.17, 15) is 4.79 Å². The molecule has 1 aliphatic heterocycles. The Labute approximate surface area is 118 Å². The number of rotatable bonds is 9. The van der Waals surface area contributed by atoms with Crippen LogP contribution in [-0.2, 0) is 9.53 Å². The summed E-state index contributed by atoms with van der Waals surface area (Å²) >= 11 is 0. The fourth-order valence-electron chi connectivity index (χ4n) is 2.60. The highest BCUT2D eigenvalue weighted by Crippen LogP contribution is 2.25. The van der Waals surface area contributed by atoms with Crippen LogP contribution in [0.1, 0.15) is 78.6 Å². The molecule has 0 bridgehead atoms. The molecule has 0 amide bonds. The molecule has 3 nitrogen and oxygen atoms in total. The van der Waals surface area contributed by atoms with Crippen molar-refractivity contribution in [1.29, 1.82) is 0 Å². The summed E-state index contributed by atoms with van der Waals surface area (Å²) in [5, 5.41) is 3.21. The number of carbonyl (C=O) groups excluding carboxylic acids is 1. The van der Waals surface area contributed by atoms with Crippen LogP contribution >= 0.6 is 0 Å². The molecular weight excluding hydrogens is 238 g/mol. The fourth-order valence-corrected chi connectivity index (χ4v) is 2.60. The molecular formula is C16H31NO2. The second-order valence-electron chi connectivity index (χ2n) is 6.04. The predicted octanol–water partition coefficient (Wildman–Crippen LogP) is 3.81. The summed E-state index contributed by atoms with van der Waals surface area (Å²) in [7, 11) is 0. The Hall–Kier alpha value is -0.570. The molecule has 1 N–H and O–H groups in total. The monoisotopic (exact) mass is 269 g/mol. The Kier molecular flexibility index (Phi) is 7.44. The number of esters is 1. The van der Waals surface area contributed by atoms with Crippen LogP contribution in [0.25, 0.3) is 0 Å². The van der Waals surface area contributed by atoms with Crippen molar-refractivity contribution in [2.45, 2.75) is 90.2 Å². The van der Waals surface area contributed by atoms with Gasteiger partial charge in [0.05, 0.1) is 0 Å². The molecule has 2 atom stereocenters. The van der Waals surface area contributed by atoms with Crippen LogP contribution in [-0.4, -0.2) is 24.2 Å². The number of carbonyl (C=O) groups is 1. The van der Waals surface area contributed by atoms with E-state index in [1.165, 1.54) is 25.7 Å². The zero-order chi connectivity index (χ0) is 14.1. The Bertz CT molecular complexity index is 261. The Morgan fingerprint density at radius 1 is 1.26 bits per heavy atom. The molecule has 0 aromatic heterocycles. The van der Waals surface area contributed by atoms with Crippen molar-refractivity contribution in [3.63, 3.8) is 0 Å². The molecule has 1 fully saturated rings. The zero-order valence-electron chi connectivity index (χ0n) is 13.0. The third-order valence-electron chi connectivity index (χ3n) is 4.25. The summed E-state index contributed by atoms with van der Waals surface area (Å²) < 4.78 is 5.78. The van der Waals surface area contributed by atoms with Gasteiger partial charge in [-0.3, -0.25) is 4.79 Å². The number of hydrogen-bond donors (Lipinski definition) is 1. The molecule has 112 valence electrons. The van der Waals surface area contributed by atoms with Gasteiger partial charge < -0.3 is 10.1 Å². The van der Waals surface area contributed by atoms with E-state index >= 15 is 0 Å². The number of unbranched alkanes of at least 4 members (excludes halogenated alkanes) is 4. The van der Waals surface area contributed by atoms with E-state index in [0.29, 0.717) is 0 Å². The molecule has 2 unspecified atom stereocenters. The Morgan fingerprint density at radius 3 is 2.58 bits per heavy atom. The third kappa shape index (κ3) is 5.94. The van der Waals surface area contributed by atoms with Crippen molar-refractivity contribution in [3.8, 4) is 0 Å². The highest BCUT2D eigenvalue weighted by molar-refractivity contribution is 5.76. The normalized spacial score (nSPS) is 22.2. The first-order valence-electron chi connectivity index (χ1n) is 8.07. The van der Waals surface area contributed by atoms with Crippen LogP contribution in [0.2, 0.25) is 0 Å². The summed E-state index contributed by atoms with van der Waals surface area (Å²) in [6.07, 6.45) is 10.2. The van der Waals surface area contributed by atoms with Crippen LogP contribution < -0.4 is 5.32 Å². The lowest BCUT2D eigenvalue weighted by Gasteiger charge is -2.30. The molecule has 0 spiro atoms. The molecule has 1 aliphatic rings. The van der Waals surface area contributed by atoms with E-state index in [1.54, 1.807) is 0 Å². The van der Waals surface area contributed by atoms with E-state index in [4.69, 9.17) is 4.74 Å². The van der Waals surface area contributed by atoms with E-state index in [2.05, 4.69) is 26.1 Å². The van der Waals surface area contributed by atoms with Gasteiger partial charge in [0.15, 0.2) is 0 Å². The highest BCUT2D eigenvalue weighted by atomic mass is 16.6. The van der Waals surface area contributed by atoms with Gasteiger partial charge in [-0.05, 0) is 45.6 Å². The van der Waals surface area contributed by atoms with E-state index in [-0.39, 0.29) is 17.6 Å². The first-order valence-corrected chi connectivity index (χ1v) is 8.07. The second-order valence-corrected chi connectivity index (χ2v) is 6.04. The standard InChI is InChI=1S/C16H31NO2/c1-4-6-7-8-9-12-16(3,5-2)19-15(18)14-11-10-13-17-14/h14,17H,4-13H2,1-3H3. The summed E-state index contributed by atoms with van der Waals surface area (Å²) in [5.74, 6) is -0.0459. The minimum atomic E-state index is -0.270.